The highest BCUT2D eigenvalue weighted by Crippen LogP contribution is 2.26. The molecule has 0 saturated carbocycles. The topological polar surface area (TPSA) is 60.7 Å². The normalized spacial score (nSPS) is 12.4. The Balaban J connectivity index is 2.37. The Bertz CT molecular complexity index is 552. The zero-order valence-corrected chi connectivity index (χ0v) is 10.3. The van der Waals surface area contributed by atoms with Crippen LogP contribution in [0.4, 0.5) is 4.39 Å². The van der Waals surface area contributed by atoms with E-state index in [1.807, 2.05) is 0 Å². The van der Waals surface area contributed by atoms with Gasteiger partial charge in [-0.2, -0.15) is 0 Å². The van der Waals surface area contributed by atoms with Crippen LogP contribution < -0.4 is 0 Å². The second kappa shape index (κ2) is 5.93. The van der Waals surface area contributed by atoms with Crippen LogP contribution in [0.3, 0.4) is 0 Å². The Morgan fingerprint density at radius 3 is 2.21 bits per heavy atom. The van der Waals surface area contributed by atoms with Gasteiger partial charge in [0.05, 0.1) is 13.2 Å². The van der Waals surface area contributed by atoms with Crippen molar-refractivity contribution in [3.8, 4) is 0 Å². The molecule has 2 aromatic rings. The number of benzene rings is 2. The Kier molecular flexibility index (Phi) is 4.27. The lowest BCUT2D eigenvalue weighted by atomic mass is 9.95. The van der Waals surface area contributed by atoms with E-state index in [0.29, 0.717) is 22.3 Å². The molecule has 0 aromatic heterocycles. The van der Waals surface area contributed by atoms with Crippen molar-refractivity contribution in [1.82, 2.24) is 0 Å². The molecule has 19 heavy (non-hydrogen) atoms. The molecule has 0 fully saturated rings. The molecule has 0 radical (unpaired) electrons. The minimum atomic E-state index is -0.935. The summed E-state index contributed by atoms with van der Waals surface area (Å²) in [4.78, 5) is 0. The van der Waals surface area contributed by atoms with Crippen LogP contribution >= 0.6 is 0 Å². The third-order valence-corrected chi connectivity index (χ3v) is 3.04. The predicted molar refractivity (Wildman–Crippen MR) is 68.7 cm³/mol. The first-order valence-electron chi connectivity index (χ1n) is 5.92. The summed E-state index contributed by atoms with van der Waals surface area (Å²) in [6.07, 6.45) is -0.935. The van der Waals surface area contributed by atoms with E-state index in [-0.39, 0.29) is 19.0 Å². The maximum atomic E-state index is 12.8. The standard InChI is InChI=1S/C15H15FO3/c16-13-4-2-11(3-5-13)15(19)14-6-1-10(8-17)7-12(14)9-18/h1-7,15,17-19H,8-9H2. The fourth-order valence-corrected chi connectivity index (χ4v) is 1.99. The summed E-state index contributed by atoms with van der Waals surface area (Å²) in [5.74, 6) is -0.367. The second-order valence-corrected chi connectivity index (χ2v) is 4.30. The van der Waals surface area contributed by atoms with E-state index < -0.39 is 6.10 Å². The van der Waals surface area contributed by atoms with Gasteiger partial charge in [-0.25, -0.2) is 4.39 Å². The van der Waals surface area contributed by atoms with E-state index in [2.05, 4.69) is 0 Å². The Morgan fingerprint density at radius 2 is 1.63 bits per heavy atom. The summed E-state index contributed by atoms with van der Waals surface area (Å²) in [7, 11) is 0. The Hall–Kier alpha value is -1.75. The molecular weight excluding hydrogens is 247 g/mol. The first-order valence-corrected chi connectivity index (χ1v) is 5.92. The molecule has 3 N–H and O–H groups in total. The summed E-state index contributed by atoms with van der Waals surface area (Å²) < 4.78 is 12.8. The van der Waals surface area contributed by atoms with E-state index in [9.17, 15) is 14.6 Å². The predicted octanol–water partition coefficient (Wildman–Crippen LogP) is 1.89. The van der Waals surface area contributed by atoms with Gasteiger partial charge in [-0.3, -0.25) is 0 Å². The summed E-state index contributed by atoms with van der Waals surface area (Å²) in [5.41, 5.74) is 2.31. The number of hydrogen-bond donors (Lipinski definition) is 3. The molecule has 0 aliphatic rings. The van der Waals surface area contributed by atoms with E-state index in [1.165, 1.54) is 24.3 Å². The zero-order valence-electron chi connectivity index (χ0n) is 10.3. The van der Waals surface area contributed by atoms with Crippen LogP contribution in [0.2, 0.25) is 0 Å². The average Bonchev–Trinajstić information content (AvgIpc) is 2.46. The minimum Gasteiger partial charge on any atom is -0.392 e. The number of aliphatic hydroxyl groups is 3. The summed E-state index contributed by atoms with van der Waals surface area (Å²) in [6.45, 7) is -0.360. The lowest BCUT2D eigenvalue weighted by Gasteiger charge is -2.16. The third-order valence-electron chi connectivity index (χ3n) is 3.04. The Morgan fingerprint density at radius 1 is 0.947 bits per heavy atom. The van der Waals surface area contributed by atoms with Crippen molar-refractivity contribution in [2.75, 3.05) is 0 Å². The molecule has 4 heteroatoms. The molecule has 0 heterocycles. The van der Waals surface area contributed by atoms with Gasteiger partial charge >= 0.3 is 0 Å². The SMILES string of the molecule is OCc1ccc(C(O)c2ccc(F)cc2)c(CO)c1. The minimum absolute atomic E-state index is 0.125. The zero-order chi connectivity index (χ0) is 13.8. The van der Waals surface area contributed by atoms with Crippen molar-refractivity contribution in [1.29, 1.82) is 0 Å². The molecule has 2 aromatic carbocycles. The molecule has 2 rings (SSSR count). The van der Waals surface area contributed by atoms with Crippen molar-refractivity contribution < 1.29 is 19.7 Å². The first-order chi connectivity index (χ1) is 9.15. The van der Waals surface area contributed by atoms with Crippen molar-refractivity contribution in [2.24, 2.45) is 0 Å². The monoisotopic (exact) mass is 262 g/mol. The lowest BCUT2D eigenvalue weighted by Crippen LogP contribution is -2.05. The first kappa shape index (κ1) is 13.7. The van der Waals surface area contributed by atoms with E-state index >= 15 is 0 Å². The molecule has 1 unspecified atom stereocenters. The number of hydrogen-bond acceptors (Lipinski definition) is 3. The average molecular weight is 262 g/mol. The van der Waals surface area contributed by atoms with Crippen molar-refractivity contribution in [3.05, 3.63) is 70.5 Å². The van der Waals surface area contributed by atoms with Crippen LogP contribution in [0.5, 0.6) is 0 Å². The molecular formula is C15H15FO3. The van der Waals surface area contributed by atoms with Gasteiger partial charge in [-0.15, -0.1) is 0 Å². The van der Waals surface area contributed by atoms with Crippen molar-refractivity contribution in [2.45, 2.75) is 19.3 Å². The van der Waals surface area contributed by atoms with Crippen LogP contribution in [0.25, 0.3) is 0 Å². The van der Waals surface area contributed by atoms with Crippen LogP contribution in [0, 0.1) is 5.82 Å². The summed E-state index contributed by atoms with van der Waals surface area (Å²) in [6, 6.07) is 10.5. The molecule has 0 amide bonds. The molecule has 3 nitrogen and oxygen atoms in total. The molecule has 0 saturated heterocycles. The molecule has 0 spiro atoms. The fraction of sp³-hybridized carbons (Fsp3) is 0.200. The quantitative estimate of drug-likeness (QED) is 0.788. The van der Waals surface area contributed by atoms with Gasteiger partial charge < -0.3 is 15.3 Å². The smallest absolute Gasteiger partial charge is 0.123 e. The van der Waals surface area contributed by atoms with Gasteiger partial charge in [0.1, 0.15) is 11.9 Å². The molecule has 0 aliphatic heterocycles. The third kappa shape index (κ3) is 2.98. The number of rotatable bonds is 4. The molecule has 0 aliphatic carbocycles. The van der Waals surface area contributed by atoms with Gasteiger partial charge in [0.15, 0.2) is 0 Å². The highest BCUT2D eigenvalue weighted by molar-refractivity contribution is 5.38. The summed E-state index contributed by atoms with van der Waals surface area (Å²) in [5, 5.41) is 28.6. The van der Waals surface area contributed by atoms with E-state index in [4.69, 9.17) is 5.11 Å². The number of aliphatic hydroxyl groups excluding tert-OH is 3. The van der Waals surface area contributed by atoms with Crippen LogP contribution in [0.15, 0.2) is 42.5 Å². The maximum Gasteiger partial charge on any atom is 0.123 e. The van der Waals surface area contributed by atoms with Gasteiger partial charge in [0, 0.05) is 0 Å². The second-order valence-electron chi connectivity index (χ2n) is 4.30. The van der Waals surface area contributed by atoms with Crippen molar-refractivity contribution in [3.63, 3.8) is 0 Å². The fourth-order valence-electron chi connectivity index (χ4n) is 1.99. The van der Waals surface area contributed by atoms with Crippen LogP contribution in [0.1, 0.15) is 28.4 Å². The van der Waals surface area contributed by atoms with Gasteiger partial charge in [0.25, 0.3) is 0 Å². The highest BCUT2D eigenvalue weighted by Gasteiger charge is 2.14. The lowest BCUT2D eigenvalue weighted by molar-refractivity contribution is 0.212. The maximum absolute atomic E-state index is 12.8. The molecule has 1 atom stereocenters. The summed E-state index contributed by atoms with van der Waals surface area (Å²) >= 11 is 0. The van der Waals surface area contributed by atoms with Gasteiger partial charge in [-0.05, 0) is 34.4 Å². The van der Waals surface area contributed by atoms with Gasteiger partial charge in [-0.1, -0.05) is 30.3 Å². The van der Waals surface area contributed by atoms with E-state index in [1.54, 1.807) is 18.2 Å². The number of halogens is 1. The highest BCUT2D eigenvalue weighted by atomic mass is 19.1. The molecule has 0 bridgehead atoms. The van der Waals surface area contributed by atoms with E-state index in [0.717, 1.165) is 0 Å². The van der Waals surface area contributed by atoms with Crippen LogP contribution in [-0.2, 0) is 13.2 Å². The largest absolute Gasteiger partial charge is 0.392 e. The van der Waals surface area contributed by atoms with Gasteiger partial charge in [0.2, 0.25) is 0 Å². The Labute approximate surface area is 110 Å². The van der Waals surface area contributed by atoms with Crippen LogP contribution in [-0.4, -0.2) is 15.3 Å². The van der Waals surface area contributed by atoms with Crippen molar-refractivity contribution >= 4 is 0 Å². The molecule has 100 valence electrons.